The van der Waals surface area contributed by atoms with Gasteiger partial charge in [-0.2, -0.15) is 0 Å². The molecule has 2 aromatic rings. The highest BCUT2D eigenvalue weighted by atomic mass is 79.9. The number of ether oxygens (including phenoxy) is 1. The van der Waals surface area contributed by atoms with Crippen LogP contribution in [0.25, 0.3) is 0 Å². The molecule has 2 rings (SSSR count). The van der Waals surface area contributed by atoms with Crippen LogP contribution in [0.4, 0.5) is 4.39 Å². The molecule has 23 heavy (non-hydrogen) atoms. The number of rotatable bonds is 5. The molecule has 1 amide bonds. The summed E-state index contributed by atoms with van der Waals surface area (Å²) in [6.07, 6.45) is -1.33. The minimum absolute atomic E-state index is 0.0606. The Morgan fingerprint density at radius 3 is 2.78 bits per heavy atom. The van der Waals surface area contributed by atoms with Crippen LogP contribution in [0.5, 0.6) is 5.75 Å². The molecule has 0 radical (unpaired) electrons. The molecule has 0 aromatic heterocycles. The van der Waals surface area contributed by atoms with Crippen molar-refractivity contribution < 1.29 is 19.0 Å². The first-order valence-electron chi connectivity index (χ1n) is 6.93. The second-order valence-corrected chi connectivity index (χ2v) is 6.02. The minimum atomic E-state index is -1.33. The fraction of sp³-hybridized carbons (Fsp3) is 0.235. The van der Waals surface area contributed by atoms with E-state index in [1.165, 1.54) is 25.1 Å². The molecule has 0 saturated carbocycles. The Morgan fingerprint density at radius 2 is 2.09 bits per heavy atom. The van der Waals surface area contributed by atoms with Crippen LogP contribution in [-0.2, 0) is 11.3 Å². The van der Waals surface area contributed by atoms with Crippen molar-refractivity contribution in [3.05, 3.63) is 63.9 Å². The fourth-order valence-electron chi connectivity index (χ4n) is 2.16. The molecule has 1 atom stereocenters. The van der Waals surface area contributed by atoms with Crippen LogP contribution in [0.3, 0.4) is 0 Å². The van der Waals surface area contributed by atoms with Crippen molar-refractivity contribution in [1.82, 2.24) is 4.90 Å². The van der Waals surface area contributed by atoms with E-state index in [-0.39, 0.29) is 6.54 Å². The third kappa shape index (κ3) is 4.30. The van der Waals surface area contributed by atoms with Gasteiger partial charge in [-0.15, -0.1) is 0 Å². The molecule has 0 heterocycles. The molecule has 2 aromatic carbocycles. The summed E-state index contributed by atoms with van der Waals surface area (Å²) in [7, 11) is 3.03. The lowest BCUT2D eigenvalue weighted by atomic mass is 10.1. The van der Waals surface area contributed by atoms with Gasteiger partial charge in [0.05, 0.1) is 7.11 Å². The van der Waals surface area contributed by atoms with Crippen LogP contribution in [0.15, 0.2) is 46.9 Å². The Bertz CT molecular complexity index is 708. The zero-order chi connectivity index (χ0) is 17.0. The van der Waals surface area contributed by atoms with E-state index in [4.69, 9.17) is 4.74 Å². The summed E-state index contributed by atoms with van der Waals surface area (Å²) in [5.41, 5.74) is 0.795. The number of likely N-dealkylation sites (N-methyl/N-ethyl adjacent to an activating group) is 1. The molecule has 0 saturated heterocycles. The molecule has 0 bridgehead atoms. The van der Waals surface area contributed by atoms with Gasteiger partial charge in [-0.3, -0.25) is 4.79 Å². The predicted octanol–water partition coefficient (Wildman–Crippen LogP) is 3.29. The zero-order valence-electron chi connectivity index (χ0n) is 12.8. The second kappa shape index (κ2) is 7.57. The number of aliphatic hydroxyl groups is 1. The van der Waals surface area contributed by atoms with Gasteiger partial charge >= 0.3 is 0 Å². The largest absolute Gasteiger partial charge is 0.497 e. The van der Waals surface area contributed by atoms with Gasteiger partial charge in [0.25, 0.3) is 5.91 Å². The molecule has 6 heteroatoms. The van der Waals surface area contributed by atoms with E-state index in [1.54, 1.807) is 36.4 Å². The molecular formula is C17H17BrFNO3. The topological polar surface area (TPSA) is 49.8 Å². The highest BCUT2D eigenvalue weighted by molar-refractivity contribution is 9.10. The predicted molar refractivity (Wildman–Crippen MR) is 88.5 cm³/mol. The maximum atomic E-state index is 13.8. The van der Waals surface area contributed by atoms with Gasteiger partial charge in [-0.1, -0.05) is 28.1 Å². The van der Waals surface area contributed by atoms with E-state index >= 15 is 0 Å². The Hall–Kier alpha value is -1.92. The SMILES string of the molecule is COc1cccc(C(O)C(=O)N(C)Cc2cc(Br)ccc2F)c1. The molecular weight excluding hydrogens is 365 g/mol. The standard InChI is InChI=1S/C17H17BrFNO3/c1-20(10-12-8-13(18)6-7-15(12)19)17(22)16(21)11-4-3-5-14(9-11)23-2/h3-9,16,21H,10H2,1-2H3. The molecule has 0 fully saturated rings. The Balaban J connectivity index is 2.13. The van der Waals surface area contributed by atoms with E-state index < -0.39 is 17.8 Å². The average molecular weight is 382 g/mol. The number of hydrogen-bond acceptors (Lipinski definition) is 3. The zero-order valence-corrected chi connectivity index (χ0v) is 14.4. The molecule has 0 aliphatic carbocycles. The Kier molecular flexibility index (Phi) is 5.74. The fourth-order valence-corrected chi connectivity index (χ4v) is 2.57. The number of nitrogens with zero attached hydrogens (tertiary/aromatic N) is 1. The summed E-state index contributed by atoms with van der Waals surface area (Å²) in [5, 5.41) is 10.2. The van der Waals surface area contributed by atoms with E-state index in [1.807, 2.05) is 0 Å². The number of halogens is 2. The van der Waals surface area contributed by atoms with Crippen molar-refractivity contribution in [2.24, 2.45) is 0 Å². The van der Waals surface area contributed by atoms with Crippen LogP contribution in [-0.4, -0.2) is 30.1 Å². The van der Waals surface area contributed by atoms with Crippen molar-refractivity contribution >= 4 is 21.8 Å². The average Bonchev–Trinajstić information content (AvgIpc) is 2.56. The van der Waals surface area contributed by atoms with Crippen LogP contribution in [0.2, 0.25) is 0 Å². The molecule has 0 spiro atoms. The number of amides is 1. The van der Waals surface area contributed by atoms with Crippen LogP contribution < -0.4 is 4.74 Å². The van der Waals surface area contributed by atoms with E-state index in [2.05, 4.69) is 15.9 Å². The number of carbonyl (C=O) groups excluding carboxylic acids is 1. The summed E-state index contributed by atoms with van der Waals surface area (Å²) in [6.45, 7) is 0.0606. The summed E-state index contributed by atoms with van der Waals surface area (Å²) in [6, 6.07) is 11.2. The summed E-state index contributed by atoms with van der Waals surface area (Å²) >= 11 is 3.27. The van der Waals surface area contributed by atoms with E-state index in [9.17, 15) is 14.3 Å². The number of methoxy groups -OCH3 is 1. The molecule has 0 aliphatic rings. The van der Waals surface area contributed by atoms with Crippen molar-refractivity contribution in [2.75, 3.05) is 14.2 Å². The Morgan fingerprint density at radius 1 is 1.35 bits per heavy atom. The van der Waals surface area contributed by atoms with Crippen LogP contribution >= 0.6 is 15.9 Å². The van der Waals surface area contributed by atoms with Gasteiger partial charge in [0.1, 0.15) is 11.6 Å². The molecule has 4 nitrogen and oxygen atoms in total. The van der Waals surface area contributed by atoms with Gasteiger partial charge in [0.15, 0.2) is 6.10 Å². The van der Waals surface area contributed by atoms with Crippen molar-refractivity contribution in [2.45, 2.75) is 12.6 Å². The highest BCUT2D eigenvalue weighted by Crippen LogP contribution is 2.22. The number of hydrogen-bond donors (Lipinski definition) is 1. The van der Waals surface area contributed by atoms with Gasteiger partial charge in [0, 0.05) is 23.6 Å². The molecule has 1 N–H and O–H groups in total. The van der Waals surface area contributed by atoms with Gasteiger partial charge < -0.3 is 14.7 Å². The lowest BCUT2D eigenvalue weighted by molar-refractivity contribution is -0.139. The van der Waals surface area contributed by atoms with Crippen molar-refractivity contribution in [3.8, 4) is 5.75 Å². The molecule has 1 unspecified atom stereocenters. The van der Waals surface area contributed by atoms with Gasteiger partial charge in [-0.25, -0.2) is 4.39 Å². The number of aliphatic hydroxyl groups excluding tert-OH is 1. The highest BCUT2D eigenvalue weighted by Gasteiger charge is 2.22. The monoisotopic (exact) mass is 381 g/mol. The molecule has 122 valence electrons. The van der Waals surface area contributed by atoms with E-state index in [0.29, 0.717) is 16.9 Å². The summed E-state index contributed by atoms with van der Waals surface area (Å²) in [5.74, 6) is -0.364. The maximum Gasteiger partial charge on any atom is 0.256 e. The minimum Gasteiger partial charge on any atom is -0.497 e. The Labute approximate surface area is 142 Å². The summed E-state index contributed by atoms with van der Waals surface area (Å²) < 4.78 is 19.6. The first-order valence-corrected chi connectivity index (χ1v) is 7.72. The van der Waals surface area contributed by atoms with Crippen LogP contribution in [0.1, 0.15) is 17.2 Å². The maximum absolute atomic E-state index is 13.8. The number of carbonyl (C=O) groups is 1. The first-order chi connectivity index (χ1) is 10.9. The van der Waals surface area contributed by atoms with E-state index in [0.717, 1.165) is 4.47 Å². The number of benzene rings is 2. The first kappa shape index (κ1) is 17.4. The van der Waals surface area contributed by atoms with Gasteiger partial charge in [0.2, 0.25) is 0 Å². The smallest absolute Gasteiger partial charge is 0.256 e. The van der Waals surface area contributed by atoms with Crippen LogP contribution in [0, 0.1) is 5.82 Å². The second-order valence-electron chi connectivity index (χ2n) is 5.11. The third-order valence-corrected chi connectivity index (χ3v) is 3.93. The normalized spacial score (nSPS) is 11.9. The van der Waals surface area contributed by atoms with Gasteiger partial charge in [-0.05, 0) is 35.9 Å². The lowest BCUT2D eigenvalue weighted by Crippen LogP contribution is -2.31. The quantitative estimate of drug-likeness (QED) is 0.864. The van der Waals surface area contributed by atoms with Crippen molar-refractivity contribution in [1.29, 1.82) is 0 Å². The molecule has 0 aliphatic heterocycles. The van der Waals surface area contributed by atoms with Crippen molar-refractivity contribution in [3.63, 3.8) is 0 Å². The summed E-state index contributed by atoms with van der Waals surface area (Å²) in [4.78, 5) is 13.6. The lowest BCUT2D eigenvalue weighted by Gasteiger charge is -2.21. The third-order valence-electron chi connectivity index (χ3n) is 3.43.